The Hall–Kier alpha value is -2.48. The first-order valence-electron chi connectivity index (χ1n) is 9.63. The number of hydrogen-bond donors (Lipinski definition) is 3. The van der Waals surface area contributed by atoms with Crippen molar-refractivity contribution in [2.75, 3.05) is 5.73 Å². The first-order valence-corrected chi connectivity index (χ1v) is 9.63. The van der Waals surface area contributed by atoms with Gasteiger partial charge >= 0.3 is 0 Å². The smallest absolute Gasteiger partial charge is 0.270 e. The second-order valence-electron chi connectivity index (χ2n) is 8.99. The van der Waals surface area contributed by atoms with Gasteiger partial charge in [0.1, 0.15) is 0 Å². The number of amides is 1. The molecule has 4 N–H and O–H groups in total. The summed E-state index contributed by atoms with van der Waals surface area (Å²) >= 11 is 0. The molecular formula is C20H30ClN5O3. The lowest BCUT2D eigenvalue weighted by atomic mass is 9.95. The lowest BCUT2D eigenvalue weighted by molar-refractivity contribution is 0.0944. The van der Waals surface area contributed by atoms with Crippen LogP contribution in [0.25, 0.3) is 11.7 Å². The van der Waals surface area contributed by atoms with Gasteiger partial charge < -0.3 is 16.2 Å². The van der Waals surface area contributed by atoms with Crippen molar-refractivity contribution in [3.05, 3.63) is 27.6 Å². The van der Waals surface area contributed by atoms with Crippen molar-refractivity contribution in [3.8, 4) is 5.88 Å². The number of hydrogen-bond acceptors (Lipinski definition) is 5. The molecule has 160 valence electrons. The molecule has 1 aliphatic carbocycles. The Morgan fingerprint density at radius 3 is 2.52 bits per heavy atom. The zero-order chi connectivity index (χ0) is 20.8. The predicted molar refractivity (Wildman–Crippen MR) is 117 cm³/mol. The predicted octanol–water partition coefficient (Wildman–Crippen LogP) is 2.81. The molecule has 0 aliphatic heterocycles. The molecule has 1 saturated carbocycles. The van der Waals surface area contributed by atoms with Crippen molar-refractivity contribution in [2.45, 2.75) is 60.0 Å². The van der Waals surface area contributed by atoms with Crippen molar-refractivity contribution in [1.82, 2.24) is 19.5 Å². The summed E-state index contributed by atoms with van der Waals surface area (Å²) in [6.45, 7) is 10.5. The van der Waals surface area contributed by atoms with Crippen LogP contribution in [0, 0.1) is 11.3 Å². The number of aromatic hydroxyl groups is 1. The third kappa shape index (κ3) is 4.75. The Morgan fingerprint density at radius 1 is 1.38 bits per heavy atom. The zero-order valence-electron chi connectivity index (χ0n) is 17.5. The van der Waals surface area contributed by atoms with Gasteiger partial charge in [-0.05, 0) is 24.2 Å². The number of aromatic nitrogens is 3. The highest BCUT2D eigenvalue weighted by Crippen LogP contribution is 2.28. The van der Waals surface area contributed by atoms with E-state index < -0.39 is 17.3 Å². The monoisotopic (exact) mass is 423 g/mol. The van der Waals surface area contributed by atoms with Crippen LogP contribution in [0.5, 0.6) is 5.88 Å². The molecule has 1 fully saturated rings. The molecule has 3 rings (SSSR count). The third-order valence-corrected chi connectivity index (χ3v) is 4.50. The molecule has 0 spiro atoms. The molecule has 0 radical (unpaired) electrons. The van der Waals surface area contributed by atoms with E-state index in [9.17, 15) is 14.7 Å². The van der Waals surface area contributed by atoms with Crippen molar-refractivity contribution < 1.29 is 9.90 Å². The van der Waals surface area contributed by atoms with Gasteiger partial charge in [0, 0.05) is 12.6 Å². The lowest BCUT2D eigenvalue weighted by Crippen LogP contribution is -2.36. The molecule has 8 nitrogen and oxygen atoms in total. The fourth-order valence-corrected chi connectivity index (χ4v) is 2.99. The number of carbonyl (C=O) groups excluding carboxylic acids is 1. The number of fused-ring (bicyclic) bond motifs is 1. The normalized spacial score (nSPS) is 14.6. The number of nitrogens with two attached hydrogens (primary N) is 1. The molecule has 2 heterocycles. The minimum Gasteiger partial charge on any atom is -0.492 e. The molecule has 0 atom stereocenters. The summed E-state index contributed by atoms with van der Waals surface area (Å²) in [6.07, 6.45) is 5.55. The number of allylic oxidation sites excluding steroid dienone is 1. The molecule has 0 saturated heterocycles. The van der Waals surface area contributed by atoms with Crippen LogP contribution >= 0.6 is 12.4 Å². The van der Waals surface area contributed by atoms with E-state index in [4.69, 9.17) is 5.73 Å². The highest BCUT2D eigenvalue weighted by atomic mass is 35.5. The van der Waals surface area contributed by atoms with Crippen molar-refractivity contribution in [2.24, 2.45) is 11.3 Å². The van der Waals surface area contributed by atoms with E-state index in [2.05, 4.69) is 10.4 Å². The molecule has 0 unspecified atom stereocenters. The summed E-state index contributed by atoms with van der Waals surface area (Å²) in [5.74, 6) is -0.737. The minimum absolute atomic E-state index is 0. The fraction of sp³-hybridized carbons (Fsp3) is 0.550. The number of nitrogen functional groups attached to an aromatic ring is 1. The Labute approximate surface area is 176 Å². The molecule has 2 aromatic rings. The van der Waals surface area contributed by atoms with Crippen LogP contribution in [0.2, 0.25) is 0 Å². The van der Waals surface area contributed by atoms with Gasteiger partial charge in [-0.1, -0.05) is 46.8 Å². The summed E-state index contributed by atoms with van der Waals surface area (Å²) < 4.78 is 2.68. The molecule has 2 aromatic heterocycles. The number of nitrogens with zero attached hydrogens (tertiary/aromatic N) is 3. The van der Waals surface area contributed by atoms with E-state index in [0.29, 0.717) is 17.8 Å². The first-order chi connectivity index (χ1) is 13.0. The van der Waals surface area contributed by atoms with Gasteiger partial charge in [0.2, 0.25) is 5.88 Å². The molecule has 1 amide bonds. The maximum absolute atomic E-state index is 13.2. The van der Waals surface area contributed by atoms with Crippen LogP contribution < -0.4 is 16.6 Å². The van der Waals surface area contributed by atoms with Gasteiger partial charge in [-0.3, -0.25) is 14.2 Å². The Morgan fingerprint density at radius 2 is 2.00 bits per heavy atom. The third-order valence-electron chi connectivity index (χ3n) is 4.50. The molecule has 29 heavy (non-hydrogen) atoms. The SMILES string of the molecule is CC(C)Cn1c(=O)c(C(=O)NC2CC2)c(O)n2nc(N)c(C=CC(C)(C)C)c12.Cl. The van der Waals surface area contributed by atoms with E-state index in [1.54, 1.807) is 0 Å². The summed E-state index contributed by atoms with van der Waals surface area (Å²) in [5.41, 5.74) is 6.11. The largest absolute Gasteiger partial charge is 0.492 e. The van der Waals surface area contributed by atoms with Crippen LogP contribution in [0.15, 0.2) is 10.9 Å². The molecule has 9 heteroatoms. The van der Waals surface area contributed by atoms with Gasteiger partial charge in [-0.25, -0.2) is 0 Å². The Balaban J connectivity index is 0.00000300. The zero-order valence-corrected chi connectivity index (χ0v) is 18.3. The molecule has 1 aliphatic rings. The first kappa shape index (κ1) is 22.8. The number of nitrogens with one attached hydrogen (secondary N) is 1. The summed E-state index contributed by atoms with van der Waals surface area (Å²) in [6, 6.07) is 0.0634. The number of anilines is 1. The van der Waals surface area contributed by atoms with Gasteiger partial charge in [-0.15, -0.1) is 17.5 Å². The molecule has 0 aromatic carbocycles. The average molecular weight is 424 g/mol. The van der Waals surface area contributed by atoms with Crippen LogP contribution in [0.4, 0.5) is 5.82 Å². The van der Waals surface area contributed by atoms with Crippen LogP contribution in [0.1, 0.15) is 63.4 Å². The van der Waals surface area contributed by atoms with Gasteiger partial charge in [0.05, 0.1) is 5.56 Å². The summed E-state index contributed by atoms with van der Waals surface area (Å²) in [4.78, 5) is 25.8. The lowest BCUT2D eigenvalue weighted by Gasteiger charge is -2.15. The molecule has 0 bridgehead atoms. The van der Waals surface area contributed by atoms with E-state index in [1.807, 2.05) is 46.8 Å². The number of carbonyl (C=O) groups is 1. The van der Waals surface area contributed by atoms with E-state index in [-0.39, 0.29) is 41.2 Å². The maximum atomic E-state index is 13.2. The van der Waals surface area contributed by atoms with E-state index >= 15 is 0 Å². The van der Waals surface area contributed by atoms with Crippen molar-refractivity contribution in [3.63, 3.8) is 0 Å². The topological polar surface area (TPSA) is 115 Å². The Kier molecular flexibility index (Phi) is 6.37. The van der Waals surface area contributed by atoms with Crippen LogP contribution in [-0.2, 0) is 6.54 Å². The van der Waals surface area contributed by atoms with E-state index in [1.165, 1.54) is 9.08 Å². The van der Waals surface area contributed by atoms with Gasteiger partial charge in [0.25, 0.3) is 11.5 Å². The highest BCUT2D eigenvalue weighted by molar-refractivity contribution is 5.97. The minimum atomic E-state index is -0.578. The van der Waals surface area contributed by atoms with Crippen LogP contribution in [0.3, 0.4) is 0 Å². The molecular weight excluding hydrogens is 394 g/mol. The summed E-state index contributed by atoms with van der Waals surface area (Å²) in [5, 5.41) is 17.7. The van der Waals surface area contributed by atoms with Crippen LogP contribution in [-0.4, -0.2) is 31.2 Å². The number of halogens is 1. The van der Waals surface area contributed by atoms with Gasteiger partial charge in [-0.2, -0.15) is 4.52 Å². The fourth-order valence-electron chi connectivity index (χ4n) is 2.99. The second kappa shape index (κ2) is 8.10. The van der Waals surface area contributed by atoms with Crippen molar-refractivity contribution in [1.29, 1.82) is 0 Å². The quantitative estimate of drug-likeness (QED) is 0.684. The Bertz CT molecular complexity index is 1010. The summed E-state index contributed by atoms with van der Waals surface area (Å²) in [7, 11) is 0. The number of rotatable bonds is 5. The van der Waals surface area contributed by atoms with Gasteiger partial charge in [0.15, 0.2) is 17.0 Å². The highest BCUT2D eigenvalue weighted by Gasteiger charge is 2.30. The average Bonchev–Trinajstić information content (AvgIpc) is 3.30. The van der Waals surface area contributed by atoms with Crippen molar-refractivity contribution >= 4 is 35.9 Å². The van der Waals surface area contributed by atoms with E-state index in [0.717, 1.165) is 12.8 Å². The second-order valence-corrected chi connectivity index (χ2v) is 8.99. The standard InChI is InChI=1S/C20H29N5O3.ClH/c1-11(2)10-24-17-13(8-9-20(3,4)5)15(21)23-25(17)19(28)14(18(24)27)16(26)22-12-6-7-12;/h8-9,11-12,28H,6-7,10H2,1-5H3,(H2,21,23)(H,22,26);1H. The maximum Gasteiger partial charge on any atom is 0.270 e.